The first-order valence-corrected chi connectivity index (χ1v) is 7.48. The van der Waals surface area contributed by atoms with Crippen LogP contribution in [0.3, 0.4) is 0 Å². The Kier molecular flexibility index (Phi) is 4.43. The van der Waals surface area contributed by atoms with Crippen molar-refractivity contribution < 1.29 is 9.53 Å². The number of ether oxygens (including phenoxy) is 1. The molecule has 0 aromatic carbocycles. The highest BCUT2D eigenvalue weighted by Crippen LogP contribution is 2.14. The number of hydrogen-bond acceptors (Lipinski definition) is 5. The fourth-order valence-corrected chi connectivity index (χ4v) is 2.42. The van der Waals surface area contributed by atoms with E-state index in [1.807, 2.05) is 26.2 Å². The van der Waals surface area contributed by atoms with Gasteiger partial charge in [-0.2, -0.15) is 0 Å². The van der Waals surface area contributed by atoms with Crippen LogP contribution in [0, 0.1) is 0 Å². The number of thiophene rings is 1. The van der Waals surface area contributed by atoms with E-state index in [1.54, 1.807) is 13.1 Å². The number of nitrogens with zero attached hydrogens (tertiary/aromatic N) is 2. The molecule has 2 aromatic rings. The monoisotopic (exact) mass is 309 g/mol. The van der Waals surface area contributed by atoms with Crippen LogP contribution in [0.1, 0.15) is 26.6 Å². The molecule has 2 heterocycles. The van der Waals surface area contributed by atoms with Crippen molar-refractivity contribution in [2.24, 2.45) is 0 Å². The van der Waals surface area contributed by atoms with Crippen LogP contribution in [0.5, 0.6) is 0 Å². The molecule has 1 amide bonds. The van der Waals surface area contributed by atoms with Crippen molar-refractivity contribution in [3.05, 3.63) is 27.6 Å². The zero-order chi connectivity index (χ0) is 15.6. The molecule has 2 aromatic heterocycles. The van der Waals surface area contributed by atoms with Crippen molar-refractivity contribution in [1.29, 1.82) is 0 Å². The minimum atomic E-state index is -0.362. The van der Waals surface area contributed by atoms with Crippen LogP contribution in [-0.4, -0.2) is 40.0 Å². The number of fused-ring (bicyclic) bond motifs is 1. The molecule has 0 bridgehead atoms. The standard InChI is InChI=1S/C14H19N3O3S/c1-14(2,3)20-8-11(18)17(4)7-10-15-9-5-6-21-12(9)13(19)16-10/h5-6H,7-8H2,1-4H3,(H,15,16,19). The molecule has 1 N–H and O–H groups in total. The summed E-state index contributed by atoms with van der Waals surface area (Å²) < 4.78 is 6.05. The van der Waals surface area contributed by atoms with Crippen molar-refractivity contribution in [2.45, 2.75) is 32.9 Å². The first-order chi connectivity index (χ1) is 9.76. The summed E-state index contributed by atoms with van der Waals surface area (Å²) in [6.45, 7) is 5.93. The van der Waals surface area contributed by atoms with Gasteiger partial charge in [0, 0.05) is 7.05 Å². The first kappa shape index (κ1) is 15.7. The number of likely N-dealkylation sites (N-methyl/N-ethyl adjacent to an activating group) is 1. The van der Waals surface area contributed by atoms with Crippen LogP contribution >= 0.6 is 11.3 Å². The summed E-state index contributed by atoms with van der Waals surface area (Å²) in [6.07, 6.45) is 0. The van der Waals surface area contributed by atoms with E-state index in [-0.39, 0.29) is 30.2 Å². The number of hydrogen-bond donors (Lipinski definition) is 1. The Hall–Kier alpha value is -1.73. The van der Waals surface area contributed by atoms with Gasteiger partial charge in [-0.05, 0) is 32.2 Å². The maximum Gasteiger partial charge on any atom is 0.268 e. The normalized spacial score (nSPS) is 11.8. The predicted octanol–water partition coefficient (Wildman–Crippen LogP) is 1.76. The summed E-state index contributed by atoms with van der Waals surface area (Å²) in [5, 5.41) is 1.82. The molecule has 0 atom stereocenters. The molecular weight excluding hydrogens is 290 g/mol. The summed E-state index contributed by atoms with van der Waals surface area (Å²) in [6, 6.07) is 1.79. The van der Waals surface area contributed by atoms with Crippen LogP contribution in [0.4, 0.5) is 0 Å². The van der Waals surface area contributed by atoms with Crippen molar-refractivity contribution in [3.8, 4) is 0 Å². The second-order valence-electron chi connectivity index (χ2n) is 5.80. The quantitative estimate of drug-likeness (QED) is 0.934. The van der Waals surface area contributed by atoms with E-state index in [2.05, 4.69) is 9.97 Å². The van der Waals surface area contributed by atoms with Gasteiger partial charge in [0.05, 0.1) is 17.7 Å². The SMILES string of the molecule is CN(Cc1nc2ccsc2c(=O)[nH]1)C(=O)COC(C)(C)C. The third kappa shape index (κ3) is 4.12. The Bertz CT molecular complexity index is 699. The fraction of sp³-hybridized carbons (Fsp3) is 0.500. The lowest BCUT2D eigenvalue weighted by Crippen LogP contribution is -2.34. The molecular formula is C14H19N3O3S. The maximum atomic E-state index is 12.0. The number of nitrogens with one attached hydrogen (secondary N) is 1. The number of amides is 1. The lowest BCUT2D eigenvalue weighted by molar-refractivity contribution is -0.140. The molecule has 0 fully saturated rings. The molecule has 0 aliphatic rings. The average Bonchev–Trinajstić information content (AvgIpc) is 2.83. The molecule has 2 rings (SSSR count). The first-order valence-electron chi connectivity index (χ1n) is 6.60. The maximum absolute atomic E-state index is 12.0. The molecule has 0 radical (unpaired) electrons. The predicted molar refractivity (Wildman–Crippen MR) is 82.4 cm³/mol. The van der Waals surface area contributed by atoms with Crippen LogP contribution in [-0.2, 0) is 16.1 Å². The largest absolute Gasteiger partial charge is 0.366 e. The summed E-state index contributed by atoms with van der Waals surface area (Å²) in [7, 11) is 1.66. The number of H-pyrrole nitrogens is 1. The van der Waals surface area contributed by atoms with Gasteiger partial charge >= 0.3 is 0 Å². The Labute approximate surface area is 126 Å². The van der Waals surface area contributed by atoms with Crippen molar-refractivity contribution >= 4 is 27.5 Å². The Morgan fingerprint density at radius 1 is 1.48 bits per heavy atom. The number of carbonyl (C=O) groups excluding carboxylic acids is 1. The Morgan fingerprint density at radius 2 is 2.19 bits per heavy atom. The topological polar surface area (TPSA) is 75.3 Å². The number of rotatable bonds is 4. The van der Waals surface area contributed by atoms with Gasteiger partial charge in [-0.15, -0.1) is 11.3 Å². The van der Waals surface area contributed by atoms with Gasteiger partial charge in [0.1, 0.15) is 17.1 Å². The fourth-order valence-electron chi connectivity index (χ4n) is 1.70. The molecule has 0 aliphatic heterocycles. The van der Waals surface area contributed by atoms with Gasteiger partial charge in [-0.25, -0.2) is 4.98 Å². The molecule has 6 nitrogen and oxygen atoms in total. The molecule has 0 unspecified atom stereocenters. The highest BCUT2D eigenvalue weighted by Gasteiger charge is 2.16. The van der Waals surface area contributed by atoms with E-state index in [1.165, 1.54) is 16.2 Å². The van der Waals surface area contributed by atoms with Crippen LogP contribution in [0.15, 0.2) is 16.2 Å². The van der Waals surface area contributed by atoms with Crippen molar-refractivity contribution in [1.82, 2.24) is 14.9 Å². The molecule has 0 spiro atoms. The summed E-state index contributed by atoms with van der Waals surface area (Å²) >= 11 is 1.35. The smallest absolute Gasteiger partial charge is 0.268 e. The zero-order valence-electron chi connectivity index (χ0n) is 12.6. The van der Waals surface area contributed by atoms with Crippen LogP contribution in [0.25, 0.3) is 10.2 Å². The van der Waals surface area contributed by atoms with Crippen LogP contribution in [0.2, 0.25) is 0 Å². The third-order valence-corrected chi connectivity index (χ3v) is 3.71. The lowest BCUT2D eigenvalue weighted by atomic mass is 10.2. The summed E-state index contributed by atoms with van der Waals surface area (Å²) in [5.74, 6) is 0.315. The van der Waals surface area contributed by atoms with Gasteiger partial charge in [0.25, 0.3) is 5.56 Å². The minimum absolute atomic E-state index is 0.00489. The second-order valence-corrected chi connectivity index (χ2v) is 6.71. The lowest BCUT2D eigenvalue weighted by Gasteiger charge is -2.22. The minimum Gasteiger partial charge on any atom is -0.366 e. The van der Waals surface area contributed by atoms with E-state index in [9.17, 15) is 9.59 Å². The van der Waals surface area contributed by atoms with Crippen molar-refractivity contribution in [2.75, 3.05) is 13.7 Å². The third-order valence-electron chi connectivity index (χ3n) is 2.81. The number of aromatic nitrogens is 2. The van der Waals surface area contributed by atoms with Crippen LogP contribution < -0.4 is 5.56 Å². The van der Waals surface area contributed by atoms with E-state index in [4.69, 9.17) is 4.74 Å². The Morgan fingerprint density at radius 3 is 2.86 bits per heavy atom. The van der Waals surface area contributed by atoms with E-state index in [0.29, 0.717) is 16.0 Å². The molecule has 114 valence electrons. The van der Waals surface area contributed by atoms with Gasteiger partial charge < -0.3 is 14.6 Å². The molecule has 21 heavy (non-hydrogen) atoms. The second kappa shape index (κ2) is 5.95. The molecule has 0 saturated heterocycles. The van der Waals surface area contributed by atoms with Gasteiger partial charge in [0.2, 0.25) is 5.91 Å². The number of carbonyl (C=O) groups is 1. The molecule has 7 heteroatoms. The van der Waals surface area contributed by atoms with Gasteiger partial charge in [-0.1, -0.05) is 0 Å². The van der Waals surface area contributed by atoms with Crippen molar-refractivity contribution in [3.63, 3.8) is 0 Å². The molecule has 0 aliphatic carbocycles. The van der Waals surface area contributed by atoms with E-state index >= 15 is 0 Å². The zero-order valence-corrected chi connectivity index (χ0v) is 13.4. The van der Waals surface area contributed by atoms with Gasteiger partial charge in [-0.3, -0.25) is 9.59 Å². The Balaban J connectivity index is 2.05. The average molecular weight is 309 g/mol. The van der Waals surface area contributed by atoms with Gasteiger partial charge in [0.15, 0.2) is 0 Å². The highest BCUT2D eigenvalue weighted by atomic mass is 32.1. The molecule has 0 saturated carbocycles. The van der Waals surface area contributed by atoms with E-state index in [0.717, 1.165) is 0 Å². The highest BCUT2D eigenvalue weighted by molar-refractivity contribution is 7.17. The van der Waals surface area contributed by atoms with E-state index < -0.39 is 0 Å². The summed E-state index contributed by atoms with van der Waals surface area (Å²) in [4.78, 5) is 32.4. The number of aromatic amines is 1. The summed E-state index contributed by atoms with van der Waals surface area (Å²) in [5.41, 5.74) is 0.126.